The van der Waals surface area contributed by atoms with E-state index in [0.717, 1.165) is 45.1 Å². The maximum Gasteiger partial charge on any atom is 0.223 e. The summed E-state index contributed by atoms with van der Waals surface area (Å²) in [5, 5.41) is 12.5. The molecule has 1 heterocycles. The number of hydrogen-bond acceptors (Lipinski definition) is 3. The highest BCUT2D eigenvalue weighted by molar-refractivity contribution is 5.80. The van der Waals surface area contributed by atoms with E-state index in [0.29, 0.717) is 19.0 Å². The van der Waals surface area contributed by atoms with Gasteiger partial charge in [-0.15, -0.1) is 0 Å². The molecule has 2 N–H and O–H groups in total. The Hall–Kier alpha value is -1.10. The van der Waals surface area contributed by atoms with Crippen molar-refractivity contribution in [2.45, 2.75) is 57.1 Å². The highest BCUT2D eigenvalue weighted by Gasteiger charge is 2.39. The molecule has 3 rings (SSSR count). The number of nitrogens with zero attached hydrogens (tertiary/aromatic N) is 1. The average Bonchev–Trinajstić information content (AvgIpc) is 3.21. The molecule has 1 atom stereocenters. The summed E-state index contributed by atoms with van der Waals surface area (Å²) in [6.45, 7) is 1.43. The van der Waals surface area contributed by atoms with Gasteiger partial charge < -0.3 is 15.3 Å². The number of carbonyl (C=O) groups excluding carboxylic acids is 2. The van der Waals surface area contributed by atoms with E-state index in [4.69, 9.17) is 0 Å². The fraction of sp³-hybridized carbons (Fsp3) is 0.867. The fourth-order valence-corrected chi connectivity index (χ4v) is 3.41. The van der Waals surface area contributed by atoms with E-state index in [-0.39, 0.29) is 29.8 Å². The summed E-state index contributed by atoms with van der Waals surface area (Å²) in [5.74, 6) is 0.693. The Bertz CT molecular complexity index is 387. The summed E-state index contributed by atoms with van der Waals surface area (Å²) in [6.07, 6.45) is 5.68. The maximum atomic E-state index is 12.1. The molecule has 2 aliphatic carbocycles. The van der Waals surface area contributed by atoms with Crippen LogP contribution in [-0.2, 0) is 9.59 Å². The minimum absolute atomic E-state index is 0.0510. The van der Waals surface area contributed by atoms with Gasteiger partial charge in [0, 0.05) is 37.4 Å². The van der Waals surface area contributed by atoms with Crippen molar-refractivity contribution in [2.24, 2.45) is 11.8 Å². The van der Waals surface area contributed by atoms with Gasteiger partial charge in [0.05, 0.1) is 6.10 Å². The molecule has 112 valence electrons. The lowest BCUT2D eigenvalue weighted by molar-refractivity contribution is -0.128. The number of rotatable bonds is 4. The van der Waals surface area contributed by atoms with Crippen LogP contribution in [0.4, 0.5) is 0 Å². The zero-order valence-electron chi connectivity index (χ0n) is 11.9. The molecule has 0 radical (unpaired) electrons. The topological polar surface area (TPSA) is 69.6 Å². The van der Waals surface area contributed by atoms with Crippen molar-refractivity contribution in [1.82, 2.24) is 10.2 Å². The Balaban J connectivity index is 1.41. The summed E-state index contributed by atoms with van der Waals surface area (Å²) in [6, 6.07) is 0.489. The summed E-state index contributed by atoms with van der Waals surface area (Å²) < 4.78 is 0. The Morgan fingerprint density at radius 2 is 1.90 bits per heavy atom. The van der Waals surface area contributed by atoms with E-state index < -0.39 is 0 Å². The van der Waals surface area contributed by atoms with Gasteiger partial charge >= 0.3 is 0 Å². The third kappa shape index (κ3) is 3.14. The first-order valence-electron chi connectivity index (χ1n) is 7.88. The van der Waals surface area contributed by atoms with Gasteiger partial charge in [-0.05, 0) is 38.5 Å². The molecule has 20 heavy (non-hydrogen) atoms. The van der Waals surface area contributed by atoms with E-state index >= 15 is 0 Å². The molecule has 2 saturated carbocycles. The highest BCUT2D eigenvalue weighted by Crippen LogP contribution is 2.32. The second-order valence-corrected chi connectivity index (χ2v) is 6.60. The third-order valence-corrected chi connectivity index (χ3v) is 4.86. The molecule has 0 spiro atoms. The molecule has 5 nitrogen and oxygen atoms in total. The number of likely N-dealkylation sites (tertiary alicyclic amines) is 1. The lowest BCUT2D eigenvalue weighted by atomic mass is 9.87. The van der Waals surface area contributed by atoms with Gasteiger partial charge in [0.15, 0.2) is 0 Å². The lowest BCUT2D eigenvalue weighted by Gasteiger charge is -2.25. The Morgan fingerprint density at radius 1 is 1.20 bits per heavy atom. The number of nitrogens with one attached hydrogen (secondary N) is 1. The van der Waals surface area contributed by atoms with Gasteiger partial charge in [-0.25, -0.2) is 0 Å². The van der Waals surface area contributed by atoms with E-state index in [9.17, 15) is 14.7 Å². The van der Waals surface area contributed by atoms with Crippen LogP contribution in [0.2, 0.25) is 0 Å². The monoisotopic (exact) mass is 280 g/mol. The predicted octanol–water partition coefficient (Wildman–Crippen LogP) is 0.665. The first kappa shape index (κ1) is 13.9. The minimum Gasteiger partial charge on any atom is -0.393 e. The molecule has 1 aliphatic heterocycles. The number of carbonyl (C=O) groups is 2. The molecule has 5 heteroatoms. The van der Waals surface area contributed by atoms with Crippen LogP contribution in [0.1, 0.15) is 44.9 Å². The van der Waals surface area contributed by atoms with Crippen LogP contribution in [0.3, 0.4) is 0 Å². The summed E-state index contributed by atoms with van der Waals surface area (Å²) >= 11 is 0. The van der Waals surface area contributed by atoms with Crippen LogP contribution in [-0.4, -0.2) is 47.1 Å². The summed E-state index contributed by atoms with van der Waals surface area (Å²) in [4.78, 5) is 25.9. The van der Waals surface area contributed by atoms with Gasteiger partial charge in [-0.3, -0.25) is 9.59 Å². The fourth-order valence-electron chi connectivity index (χ4n) is 3.41. The van der Waals surface area contributed by atoms with Crippen molar-refractivity contribution in [2.75, 3.05) is 13.1 Å². The molecule has 3 aliphatic rings. The van der Waals surface area contributed by atoms with E-state index in [1.807, 2.05) is 4.90 Å². The molecule has 0 unspecified atom stereocenters. The Labute approximate surface area is 119 Å². The lowest BCUT2D eigenvalue weighted by Crippen LogP contribution is -2.37. The van der Waals surface area contributed by atoms with Crippen LogP contribution >= 0.6 is 0 Å². The number of amides is 2. The van der Waals surface area contributed by atoms with E-state index in [2.05, 4.69) is 5.32 Å². The first-order chi connectivity index (χ1) is 9.63. The second kappa shape index (κ2) is 5.72. The van der Waals surface area contributed by atoms with Crippen LogP contribution in [0.25, 0.3) is 0 Å². The SMILES string of the molecule is O=C(NC[C@H]1CC(=O)N(C2CC2)C1)C1CCC(O)CC1. The van der Waals surface area contributed by atoms with Crippen molar-refractivity contribution < 1.29 is 14.7 Å². The van der Waals surface area contributed by atoms with Crippen LogP contribution < -0.4 is 5.32 Å². The van der Waals surface area contributed by atoms with Crippen LogP contribution in [0, 0.1) is 11.8 Å². The standard InChI is InChI=1S/C15H24N2O3/c18-13-5-1-11(2-6-13)15(20)16-8-10-7-14(19)17(9-10)12-3-4-12/h10-13,18H,1-9H2,(H,16,20)/t10-,11?,13?/m1/s1. The maximum absolute atomic E-state index is 12.1. The molecule has 2 amide bonds. The second-order valence-electron chi connectivity index (χ2n) is 6.60. The van der Waals surface area contributed by atoms with Crippen molar-refractivity contribution in [3.63, 3.8) is 0 Å². The molecule has 3 fully saturated rings. The van der Waals surface area contributed by atoms with Crippen LogP contribution in [0.15, 0.2) is 0 Å². The van der Waals surface area contributed by atoms with Gasteiger partial charge in [0.2, 0.25) is 11.8 Å². The quantitative estimate of drug-likeness (QED) is 0.795. The molecule has 0 aromatic heterocycles. The minimum atomic E-state index is -0.224. The van der Waals surface area contributed by atoms with Crippen molar-refractivity contribution in [1.29, 1.82) is 0 Å². The van der Waals surface area contributed by atoms with Crippen molar-refractivity contribution in [3.8, 4) is 0 Å². The molecule has 0 bridgehead atoms. The van der Waals surface area contributed by atoms with Gasteiger partial charge in [-0.2, -0.15) is 0 Å². The molecule has 1 saturated heterocycles. The average molecular weight is 280 g/mol. The Kier molecular flexibility index (Phi) is 3.96. The summed E-state index contributed by atoms with van der Waals surface area (Å²) in [5.41, 5.74) is 0. The van der Waals surface area contributed by atoms with Crippen molar-refractivity contribution in [3.05, 3.63) is 0 Å². The van der Waals surface area contributed by atoms with Gasteiger partial charge in [0.25, 0.3) is 0 Å². The van der Waals surface area contributed by atoms with Gasteiger partial charge in [-0.1, -0.05) is 0 Å². The van der Waals surface area contributed by atoms with E-state index in [1.165, 1.54) is 0 Å². The molecular formula is C15H24N2O3. The molecule has 0 aromatic rings. The number of hydrogen-bond donors (Lipinski definition) is 2. The van der Waals surface area contributed by atoms with Crippen molar-refractivity contribution >= 4 is 11.8 Å². The predicted molar refractivity (Wildman–Crippen MR) is 73.8 cm³/mol. The first-order valence-corrected chi connectivity index (χ1v) is 7.88. The largest absolute Gasteiger partial charge is 0.393 e. The van der Waals surface area contributed by atoms with Crippen LogP contribution in [0.5, 0.6) is 0 Å². The zero-order chi connectivity index (χ0) is 14.1. The zero-order valence-corrected chi connectivity index (χ0v) is 11.9. The highest BCUT2D eigenvalue weighted by atomic mass is 16.3. The van der Waals surface area contributed by atoms with Gasteiger partial charge in [0.1, 0.15) is 0 Å². The smallest absolute Gasteiger partial charge is 0.223 e. The normalized spacial score (nSPS) is 34.4. The van der Waals surface area contributed by atoms with E-state index in [1.54, 1.807) is 0 Å². The number of aliphatic hydroxyl groups excluding tert-OH is 1. The summed E-state index contributed by atoms with van der Waals surface area (Å²) in [7, 11) is 0. The Morgan fingerprint density at radius 3 is 2.55 bits per heavy atom. The molecular weight excluding hydrogens is 256 g/mol. The third-order valence-electron chi connectivity index (χ3n) is 4.86. The molecule has 0 aromatic carbocycles. The number of aliphatic hydroxyl groups is 1.